The van der Waals surface area contributed by atoms with Gasteiger partial charge in [0.2, 0.25) is 0 Å². The maximum Gasteiger partial charge on any atom is 0.390 e. The van der Waals surface area contributed by atoms with Crippen molar-refractivity contribution in [3.63, 3.8) is 0 Å². The molecule has 1 aromatic rings. The average molecular weight is 250 g/mol. The van der Waals surface area contributed by atoms with Crippen molar-refractivity contribution in [2.24, 2.45) is 7.05 Å². The van der Waals surface area contributed by atoms with Crippen LogP contribution in [-0.4, -0.2) is 22.5 Å². The minimum Gasteiger partial charge on any atom is -0.394 e. The van der Waals surface area contributed by atoms with Crippen LogP contribution in [0.2, 0.25) is 0 Å². The Morgan fingerprint density at radius 1 is 1.41 bits per heavy atom. The zero-order valence-electron chi connectivity index (χ0n) is 10.1. The third kappa shape index (κ3) is 3.54. The standard InChI is InChI=1S/C10H17F3N4/c1-6(2)8-7(14)9(17(3)16-8)15-5-4-10(11,12)13/h6,15H,4-5,14H2,1-3H3. The van der Waals surface area contributed by atoms with Gasteiger partial charge in [0, 0.05) is 13.6 Å². The number of hydrogen-bond acceptors (Lipinski definition) is 3. The molecule has 0 atom stereocenters. The Balaban J connectivity index is 2.72. The van der Waals surface area contributed by atoms with E-state index in [-0.39, 0.29) is 12.5 Å². The van der Waals surface area contributed by atoms with Crippen LogP contribution < -0.4 is 11.1 Å². The van der Waals surface area contributed by atoms with Crippen molar-refractivity contribution in [1.82, 2.24) is 9.78 Å². The SMILES string of the molecule is CC(C)c1nn(C)c(NCCC(F)(F)F)c1N. The van der Waals surface area contributed by atoms with E-state index in [1.165, 1.54) is 4.68 Å². The van der Waals surface area contributed by atoms with Gasteiger partial charge in [-0.1, -0.05) is 13.8 Å². The fourth-order valence-corrected chi connectivity index (χ4v) is 1.52. The predicted octanol–water partition coefficient (Wildman–Crippen LogP) is 2.49. The van der Waals surface area contributed by atoms with Gasteiger partial charge in [0.1, 0.15) is 5.82 Å². The van der Waals surface area contributed by atoms with Gasteiger partial charge in [-0.3, -0.25) is 4.68 Å². The normalized spacial score (nSPS) is 12.2. The Kier molecular flexibility index (Phi) is 3.90. The molecule has 0 spiro atoms. The van der Waals surface area contributed by atoms with Gasteiger partial charge in [-0.05, 0) is 5.92 Å². The summed E-state index contributed by atoms with van der Waals surface area (Å²) in [5.74, 6) is 0.581. The van der Waals surface area contributed by atoms with Crippen molar-refractivity contribution in [3.8, 4) is 0 Å². The van der Waals surface area contributed by atoms with E-state index in [4.69, 9.17) is 5.73 Å². The third-order valence-corrected chi connectivity index (χ3v) is 2.36. The molecule has 0 saturated heterocycles. The molecule has 1 heterocycles. The number of nitrogens with zero attached hydrogens (tertiary/aromatic N) is 2. The van der Waals surface area contributed by atoms with Crippen molar-refractivity contribution in [3.05, 3.63) is 5.69 Å². The maximum atomic E-state index is 12.0. The van der Waals surface area contributed by atoms with Gasteiger partial charge in [-0.25, -0.2) is 0 Å². The fraction of sp³-hybridized carbons (Fsp3) is 0.700. The lowest BCUT2D eigenvalue weighted by Gasteiger charge is -2.09. The smallest absolute Gasteiger partial charge is 0.390 e. The molecule has 0 fully saturated rings. The summed E-state index contributed by atoms with van der Waals surface area (Å²) >= 11 is 0. The topological polar surface area (TPSA) is 55.9 Å². The molecular weight excluding hydrogens is 233 g/mol. The molecule has 1 rings (SSSR count). The summed E-state index contributed by atoms with van der Waals surface area (Å²) in [5.41, 5.74) is 6.95. The lowest BCUT2D eigenvalue weighted by molar-refractivity contribution is -0.131. The number of nitrogens with two attached hydrogens (primary N) is 1. The van der Waals surface area contributed by atoms with Crippen LogP contribution in [0.3, 0.4) is 0 Å². The van der Waals surface area contributed by atoms with Gasteiger partial charge < -0.3 is 11.1 Å². The Morgan fingerprint density at radius 3 is 2.41 bits per heavy atom. The van der Waals surface area contributed by atoms with Gasteiger partial charge in [0.25, 0.3) is 0 Å². The van der Waals surface area contributed by atoms with Crippen molar-refractivity contribution < 1.29 is 13.2 Å². The highest BCUT2D eigenvalue weighted by atomic mass is 19.4. The Labute approximate surface area is 98.0 Å². The average Bonchev–Trinajstić information content (AvgIpc) is 2.43. The minimum absolute atomic E-state index is 0.138. The zero-order valence-corrected chi connectivity index (χ0v) is 10.1. The molecule has 0 radical (unpaired) electrons. The molecular formula is C10H17F3N4. The first-order valence-electron chi connectivity index (χ1n) is 5.35. The fourth-order valence-electron chi connectivity index (χ4n) is 1.52. The number of hydrogen-bond donors (Lipinski definition) is 2. The highest BCUT2D eigenvalue weighted by Gasteiger charge is 2.26. The van der Waals surface area contributed by atoms with Crippen LogP contribution in [0.15, 0.2) is 0 Å². The second-order valence-electron chi connectivity index (χ2n) is 4.22. The Bertz CT molecular complexity index is 382. The van der Waals surface area contributed by atoms with Crippen LogP contribution in [0.25, 0.3) is 0 Å². The summed E-state index contributed by atoms with van der Waals surface area (Å²) in [4.78, 5) is 0. The number of aromatic nitrogens is 2. The Morgan fingerprint density at radius 2 is 2.00 bits per heavy atom. The number of nitrogens with one attached hydrogen (secondary N) is 1. The summed E-state index contributed by atoms with van der Waals surface area (Å²) in [6.07, 6.45) is -5.06. The second-order valence-corrected chi connectivity index (χ2v) is 4.22. The first-order chi connectivity index (χ1) is 7.72. The third-order valence-electron chi connectivity index (χ3n) is 2.36. The summed E-state index contributed by atoms with van der Waals surface area (Å²) in [6.45, 7) is 3.65. The minimum atomic E-state index is -4.17. The second kappa shape index (κ2) is 4.85. The molecule has 17 heavy (non-hydrogen) atoms. The van der Waals surface area contributed by atoms with Gasteiger partial charge in [0.05, 0.1) is 17.8 Å². The van der Waals surface area contributed by atoms with E-state index in [1.807, 2.05) is 13.8 Å². The molecule has 0 unspecified atom stereocenters. The lowest BCUT2D eigenvalue weighted by Crippen LogP contribution is -2.16. The predicted molar refractivity (Wildman–Crippen MR) is 60.9 cm³/mol. The van der Waals surface area contributed by atoms with E-state index in [0.717, 1.165) is 0 Å². The van der Waals surface area contributed by atoms with Gasteiger partial charge >= 0.3 is 6.18 Å². The van der Waals surface area contributed by atoms with Crippen molar-refractivity contribution in [1.29, 1.82) is 0 Å². The van der Waals surface area contributed by atoms with E-state index >= 15 is 0 Å². The number of anilines is 2. The molecule has 0 saturated carbocycles. The number of aryl methyl sites for hydroxylation is 1. The van der Waals surface area contributed by atoms with E-state index in [0.29, 0.717) is 17.2 Å². The molecule has 4 nitrogen and oxygen atoms in total. The first-order valence-corrected chi connectivity index (χ1v) is 5.35. The first kappa shape index (κ1) is 13.7. The molecule has 3 N–H and O–H groups in total. The number of halogens is 3. The van der Waals surface area contributed by atoms with E-state index in [1.54, 1.807) is 7.05 Å². The van der Waals surface area contributed by atoms with Crippen LogP contribution >= 0.6 is 0 Å². The van der Waals surface area contributed by atoms with Crippen LogP contribution in [0.4, 0.5) is 24.7 Å². The maximum absolute atomic E-state index is 12.0. The molecule has 0 amide bonds. The Hall–Kier alpha value is -1.40. The zero-order chi connectivity index (χ0) is 13.2. The van der Waals surface area contributed by atoms with Gasteiger partial charge in [0.15, 0.2) is 0 Å². The molecule has 7 heteroatoms. The largest absolute Gasteiger partial charge is 0.394 e. The lowest BCUT2D eigenvalue weighted by atomic mass is 10.1. The molecule has 0 aliphatic heterocycles. The van der Waals surface area contributed by atoms with Crippen molar-refractivity contribution in [2.75, 3.05) is 17.6 Å². The number of rotatable bonds is 4. The number of nitrogen functional groups attached to an aromatic ring is 1. The van der Waals surface area contributed by atoms with Gasteiger partial charge in [-0.15, -0.1) is 0 Å². The summed E-state index contributed by atoms with van der Waals surface area (Å²) in [5, 5.41) is 6.84. The van der Waals surface area contributed by atoms with Crippen molar-refractivity contribution in [2.45, 2.75) is 32.4 Å². The van der Waals surface area contributed by atoms with Crippen LogP contribution in [0.1, 0.15) is 31.9 Å². The molecule has 0 aromatic carbocycles. The summed E-state index contributed by atoms with van der Waals surface area (Å²) in [6, 6.07) is 0. The summed E-state index contributed by atoms with van der Waals surface area (Å²) < 4.78 is 37.5. The highest BCUT2D eigenvalue weighted by molar-refractivity contribution is 5.65. The number of alkyl halides is 3. The quantitative estimate of drug-likeness (QED) is 0.863. The molecule has 1 aromatic heterocycles. The van der Waals surface area contributed by atoms with Crippen LogP contribution in [0.5, 0.6) is 0 Å². The molecule has 0 bridgehead atoms. The van der Waals surface area contributed by atoms with Crippen molar-refractivity contribution >= 4 is 11.5 Å². The monoisotopic (exact) mass is 250 g/mol. The van der Waals surface area contributed by atoms with Gasteiger partial charge in [-0.2, -0.15) is 18.3 Å². The van der Waals surface area contributed by atoms with E-state index < -0.39 is 12.6 Å². The highest BCUT2D eigenvalue weighted by Crippen LogP contribution is 2.28. The van der Waals surface area contributed by atoms with Crippen LogP contribution in [-0.2, 0) is 7.05 Å². The van der Waals surface area contributed by atoms with E-state index in [2.05, 4.69) is 10.4 Å². The molecule has 0 aliphatic carbocycles. The van der Waals surface area contributed by atoms with Crippen LogP contribution in [0, 0.1) is 0 Å². The molecule has 0 aliphatic rings. The molecule has 98 valence electrons. The summed E-state index contributed by atoms with van der Waals surface area (Å²) in [7, 11) is 1.65. The van der Waals surface area contributed by atoms with E-state index in [9.17, 15) is 13.2 Å².